The second kappa shape index (κ2) is 10.7. The van der Waals surface area contributed by atoms with Gasteiger partial charge in [-0.15, -0.1) is 0 Å². The van der Waals surface area contributed by atoms with Crippen molar-refractivity contribution in [3.63, 3.8) is 0 Å². The molecule has 3 rings (SSSR count). The number of nitrogens with one attached hydrogen (secondary N) is 1. The number of methoxy groups -OCH3 is 2. The fourth-order valence-corrected chi connectivity index (χ4v) is 3.58. The van der Waals surface area contributed by atoms with Crippen molar-refractivity contribution < 1.29 is 14.6 Å². The van der Waals surface area contributed by atoms with Crippen molar-refractivity contribution in [2.75, 3.05) is 58.4 Å². The Morgan fingerprint density at radius 3 is 2.37 bits per heavy atom. The highest BCUT2D eigenvalue weighted by atomic mass is 16.5. The Morgan fingerprint density at radius 1 is 1.03 bits per heavy atom. The van der Waals surface area contributed by atoms with E-state index in [9.17, 15) is 5.11 Å². The maximum atomic E-state index is 10.5. The molecule has 1 fully saturated rings. The summed E-state index contributed by atoms with van der Waals surface area (Å²) in [4.78, 5) is 9.28. The molecule has 1 atom stereocenters. The molecule has 0 aromatic heterocycles. The molecule has 0 bridgehead atoms. The Kier molecular flexibility index (Phi) is 7.79. The van der Waals surface area contributed by atoms with E-state index in [1.165, 1.54) is 0 Å². The minimum atomic E-state index is -0.653. The topological polar surface area (TPSA) is 69.6 Å². The number of nitrogens with zero attached hydrogens (tertiary/aromatic N) is 3. The Bertz CT molecular complexity index is 817. The molecule has 0 saturated carbocycles. The largest absolute Gasteiger partial charge is 0.497 e. The minimum Gasteiger partial charge on any atom is -0.497 e. The van der Waals surface area contributed by atoms with Gasteiger partial charge < -0.3 is 29.7 Å². The summed E-state index contributed by atoms with van der Waals surface area (Å²) in [7, 11) is 3.34. The van der Waals surface area contributed by atoms with Gasteiger partial charge in [0, 0.05) is 32.7 Å². The molecule has 7 heteroatoms. The van der Waals surface area contributed by atoms with E-state index in [0.717, 1.165) is 61.4 Å². The maximum Gasteiger partial charge on any atom is 0.194 e. The van der Waals surface area contributed by atoms with Gasteiger partial charge in [-0.3, -0.25) is 4.99 Å². The zero-order valence-corrected chi connectivity index (χ0v) is 18.0. The SMILES string of the molecule is CCNC(=NCC(O)c1ccc(OC)cc1)N1CCN(c2ccccc2OC)CC1. The van der Waals surface area contributed by atoms with Crippen LogP contribution in [-0.2, 0) is 0 Å². The molecular weight excluding hydrogens is 380 g/mol. The van der Waals surface area contributed by atoms with Crippen molar-refractivity contribution in [1.29, 1.82) is 0 Å². The van der Waals surface area contributed by atoms with Crippen LogP contribution in [0.15, 0.2) is 53.5 Å². The highest BCUT2D eigenvalue weighted by molar-refractivity contribution is 5.80. The normalized spacial score (nSPS) is 15.7. The zero-order valence-electron chi connectivity index (χ0n) is 18.0. The van der Waals surface area contributed by atoms with Crippen molar-refractivity contribution in [2.24, 2.45) is 4.99 Å². The first-order valence-corrected chi connectivity index (χ1v) is 10.4. The molecule has 0 radical (unpaired) electrons. The zero-order chi connectivity index (χ0) is 21.3. The van der Waals surface area contributed by atoms with Crippen LogP contribution in [0.4, 0.5) is 5.69 Å². The molecule has 1 aliphatic heterocycles. The molecular formula is C23H32N4O3. The number of hydrogen-bond donors (Lipinski definition) is 2. The lowest BCUT2D eigenvalue weighted by Gasteiger charge is -2.38. The Morgan fingerprint density at radius 2 is 1.73 bits per heavy atom. The van der Waals surface area contributed by atoms with E-state index >= 15 is 0 Å². The van der Waals surface area contributed by atoms with E-state index in [1.807, 2.05) is 42.5 Å². The first-order valence-electron chi connectivity index (χ1n) is 10.4. The highest BCUT2D eigenvalue weighted by Gasteiger charge is 2.22. The smallest absolute Gasteiger partial charge is 0.194 e. The number of anilines is 1. The summed E-state index contributed by atoms with van der Waals surface area (Å²) in [5.41, 5.74) is 1.95. The molecule has 1 heterocycles. The minimum absolute atomic E-state index is 0.307. The molecule has 0 amide bonds. The summed E-state index contributed by atoms with van der Waals surface area (Å²) >= 11 is 0. The molecule has 0 spiro atoms. The number of aliphatic hydroxyl groups is 1. The van der Waals surface area contributed by atoms with Gasteiger partial charge in [0.15, 0.2) is 5.96 Å². The number of piperazine rings is 1. The second-order valence-corrected chi connectivity index (χ2v) is 7.13. The third-order valence-corrected chi connectivity index (χ3v) is 5.25. The highest BCUT2D eigenvalue weighted by Crippen LogP contribution is 2.28. The number of hydrogen-bond acceptors (Lipinski definition) is 5. The quantitative estimate of drug-likeness (QED) is 0.538. The average Bonchev–Trinajstić information content (AvgIpc) is 2.81. The summed E-state index contributed by atoms with van der Waals surface area (Å²) in [6, 6.07) is 15.6. The molecule has 2 aromatic carbocycles. The van der Waals surface area contributed by atoms with Crippen LogP contribution in [0.2, 0.25) is 0 Å². The van der Waals surface area contributed by atoms with Gasteiger partial charge in [0.2, 0.25) is 0 Å². The van der Waals surface area contributed by atoms with Crippen molar-refractivity contribution in [2.45, 2.75) is 13.0 Å². The summed E-state index contributed by atoms with van der Waals surface area (Å²) in [6.45, 7) is 6.61. The van der Waals surface area contributed by atoms with Crippen molar-refractivity contribution >= 4 is 11.6 Å². The number of para-hydroxylation sites is 2. The van der Waals surface area contributed by atoms with Crippen LogP contribution in [0.3, 0.4) is 0 Å². The monoisotopic (exact) mass is 412 g/mol. The number of benzene rings is 2. The van der Waals surface area contributed by atoms with Crippen LogP contribution < -0.4 is 19.7 Å². The molecule has 1 aliphatic rings. The van der Waals surface area contributed by atoms with E-state index in [2.05, 4.69) is 28.1 Å². The number of guanidine groups is 1. The van der Waals surface area contributed by atoms with Gasteiger partial charge in [0.05, 0.1) is 32.6 Å². The van der Waals surface area contributed by atoms with E-state index in [0.29, 0.717) is 6.54 Å². The fraction of sp³-hybridized carbons (Fsp3) is 0.435. The lowest BCUT2D eigenvalue weighted by Crippen LogP contribution is -2.52. The summed E-state index contributed by atoms with van der Waals surface area (Å²) < 4.78 is 10.7. The molecule has 162 valence electrons. The van der Waals surface area contributed by atoms with Gasteiger partial charge in [0.1, 0.15) is 11.5 Å². The van der Waals surface area contributed by atoms with Crippen molar-refractivity contribution in [3.8, 4) is 11.5 Å². The van der Waals surface area contributed by atoms with E-state index < -0.39 is 6.10 Å². The van der Waals surface area contributed by atoms with Gasteiger partial charge in [-0.1, -0.05) is 24.3 Å². The van der Waals surface area contributed by atoms with E-state index in [4.69, 9.17) is 14.5 Å². The van der Waals surface area contributed by atoms with Gasteiger partial charge in [0.25, 0.3) is 0 Å². The first-order chi connectivity index (χ1) is 14.7. The Hall–Kier alpha value is -2.93. The summed E-state index contributed by atoms with van der Waals surface area (Å²) in [5, 5.41) is 13.9. The summed E-state index contributed by atoms with van der Waals surface area (Å²) in [5.74, 6) is 2.51. The van der Waals surface area contributed by atoms with Crippen LogP contribution in [-0.4, -0.2) is 69.5 Å². The van der Waals surface area contributed by atoms with Gasteiger partial charge in [-0.05, 0) is 36.8 Å². The third kappa shape index (κ3) is 5.36. The van der Waals surface area contributed by atoms with E-state index in [-0.39, 0.29) is 0 Å². The predicted octanol–water partition coefficient (Wildman–Crippen LogP) is 2.52. The van der Waals surface area contributed by atoms with Crippen molar-refractivity contribution in [3.05, 3.63) is 54.1 Å². The van der Waals surface area contributed by atoms with Crippen LogP contribution >= 0.6 is 0 Å². The van der Waals surface area contributed by atoms with Gasteiger partial charge in [-0.2, -0.15) is 0 Å². The summed E-state index contributed by atoms with van der Waals surface area (Å²) in [6.07, 6.45) is -0.653. The first kappa shape index (κ1) is 21.8. The van der Waals surface area contributed by atoms with E-state index in [1.54, 1.807) is 14.2 Å². The number of rotatable bonds is 7. The fourth-order valence-electron chi connectivity index (χ4n) is 3.58. The van der Waals surface area contributed by atoms with Gasteiger partial charge >= 0.3 is 0 Å². The molecule has 1 unspecified atom stereocenters. The molecule has 1 saturated heterocycles. The maximum absolute atomic E-state index is 10.5. The Balaban J connectivity index is 1.62. The lowest BCUT2D eigenvalue weighted by atomic mass is 10.1. The van der Waals surface area contributed by atoms with Crippen molar-refractivity contribution in [1.82, 2.24) is 10.2 Å². The molecule has 2 N–H and O–H groups in total. The third-order valence-electron chi connectivity index (χ3n) is 5.25. The molecule has 0 aliphatic carbocycles. The average molecular weight is 413 g/mol. The number of aliphatic hydroxyl groups excluding tert-OH is 1. The molecule has 7 nitrogen and oxygen atoms in total. The van der Waals surface area contributed by atoms with Gasteiger partial charge in [-0.25, -0.2) is 0 Å². The second-order valence-electron chi connectivity index (χ2n) is 7.13. The van der Waals surface area contributed by atoms with Crippen LogP contribution in [0.25, 0.3) is 0 Å². The lowest BCUT2D eigenvalue weighted by molar-refractivity contribution is 0.186. The standard InChI is InChI=1S/C23H32N4O3/c1-4-24-23(25-17-21(28)18-9-11-19(29-2)12-10-18)27-15-13-26(14-16-27)20-7-5-6-8-22(20)30-3/h5-12,21,28H,4,13-17H2,1-3H3,(H,24,25). The Labute approximate surface area is 178 Å². The number of aliphatic imine (C=N–C) groups is 1. The number of ether oxygens (including phenoxy) is 2. The molecule has 2 aromatic rings. The molecule has 30 heavy (non-hydrogen) atoms. The van der Waals surface area contributed by atoms with Crippen LogP contribution in [0.1, 0.15) is 18.6 Å². The van der Waals surface area contributed by atoms with Crippen LogP contribution in [0, 0.1) is 0 Å². The predicted molar refractivity (Wildman–Crippen MR) is 121 cm³/mol. The van der Waals surface area contributed by atoms with Crippen LogP contribution in [0.5, 0.6) is 11.5 Å².